The fourth-order valence-corrected chi connectivity index (χ4v) is 4.27. The van der Waals surface area contributed by atoms with E-state index in [1.165, 1.54) is 32.1 Å². The molecule has 1 N–H and O–H groups in total. The van der Waals surface area contributed by atoms with Crippen molar-refractivity contribution in [1.82, 2.24) is 5.32 Å². The van der Waals surface area contributed by atoms with Gasteiger partial charge in [-0.3, -0.25) is 0 Å². The molecular formula is C16H23N. The Morgan fingerprint density at radius 2 is 2.06 bits per heavy atom. The number of benzene rings is 1. The maximum atomic E-state index is 3.70. The zero-order valence-electron chi connectivity index (χ0n) is 11.0. The predicted molar refractivity (Wildman–Crippen MR) is 72.2 cm³/mol. The van der Waals surface area contributed by atoms with Crippen LogP contribution in [0.2, 0.25) is 0 Å². The first-order chi connectivity index (χ1) is 8.28. The number of hydrogen-bond donors (Lipinski definition) is 1. The lowest BCUT2D eigenvalue weighted by Crippen LogP contribution is -2.51. The average Bonchev–Trinajstić information content (AvgIpc) is 2.39. The second-order valence-corrected chi connectivity index (χ2v) is 5.89. The molecule has 0 radical (unpaired) electrons. The monoisotopic (exact) mass is 229 g/mol. The summed E-state index contributed by atoms with van der Waals surface area (Å²) in [5, 5.41) is 3.70. The molecule has 3 atom stereocenters. The van der Waals surface area contributed by atoms with Crippen LogP contribution in [0.1, 0.15) is 56.1 Å². The number of fused-ring (bicyclic) bond motifs is 3. The van der Waals surface area contributed by atoms with E-state index >= 15 is 0 Å². The van der Waals surface area contributed by atoms with E-state index in [1.807, 2.05) is 0 Å². The minimum Gasteiger partial charge on any atom is -0.310 e. The van der Waals surface area contributed by atoms with Crippen LogP contribution in [0.4, 0.5) is 0 Å². The van der Waals surface area contributed by atoms with Crippen LogP contribution in [-0.4, -0.2) is 7.05 Å². The van der Waals surface area contributed by atoms with Gasteiger partial charge in [-0.15, -0.1) is 0 Å². The topological polar surface area (TPSA) is 12.0 Å². The molecule has 2 aliphatic rings. The Kier molecular flexibility index (Phi) is 2.74. The molecule has 17 heavy (non-hydrogen) atoms. The smallest absolute Gasteiger partial charge is 0.0463 e. The first-order valence-electron chi connectivity index (χ1n) is 7.06. The molecule has 92 valence electrons. The van der Waals surface area contributed by atoms with Gasteiger partial charge in [0.15, 0.2) is 0 Å². The van der Waals surface area contributed by atoms with E-state index in [1.54, 1.807) is 11.1 Å². The SMILES string of the molecule is CN[C@]12CCCC[C@H]1C[C@@H](C)c1ccccc12. The molecule has 0 aliphatic heterocycles. The molecular weight excluding hydrogens is 206 g/mol. The number of rotatable bonds is 1. The Labute approximate surface area is 105 Å². The molecule has 0 unspecified atom stereocenters. The van der Waals surface area contributed by atoms with E-state index in [-0.39, 0.29) is 5.54 Å². The van der Waals surface area contributed by atoms with Gasteiger partial charge in [-0.1, -0.05) is 44.0 Å². The summed E-state index contributed by atoms with van der Waals surface area (Å²) in [4.78, 5) is 0. The minimum absolute atomic E-state index is 0.279. The van der Waals surface area contributed by atoms with Gasteiger partial charge in [0.1, 0.15) is 0 Å². The van der Waals surface area contributed by atoms with E-state index in [4.69, 9.17) is 0 Å². The fraction of sp³-hybridized carbons (Fsp3) is 0.625. The molecule has 1 heteroatoms. The molecule has 1 aromatic rings. The van der Waals surface area contributed by atoms with Crippen molar-refractivity contribution in [2.45, 2.75) is 50.5 Å². The normalized spacial score (nSPS) is 36.1. The largest absolute Gasteiger partial charge is 0.310 e. The Bertz CT molecular complexity index is 412. The maximum absolute atomic E-state index is 3.70. The predicted octanol–water partition coefficient (Wildman–Crippen LogP) is 3.80. The van der Waals surface area contributed by atoms with Crippen LogP contribution in [0, 0.1) is 5.92 Å². The van der Waals surface area contributed by atoms with Crippen molar-refractivity contribution in [2.24, 2.45) is 5.92 Å². The van der Waals surface area contributed by atoms with Gasteiger partial charge in [0.05, 0.1) is 0 Å². The molecule has 0 saturated heterocycles. The quantitative estimate of drug-likeness (QED) is 0.772. The average molecular weight is 229 g/mol. The van der Waals surface area contributed by atoms with Crippen molar-refractivity contribution in [3.63, 3.8) is 0 Å². The van der Waals surface area contributed by atoms with E-state index in [2.05, 4.69) is 43.6 Å². The third-order valence-corrected chi connectivity index (χ3v) is 5.13. The number of hydrogen-bond acceptors (Lipinski definition) is 1. The van der Waals surface area contributed by atoms with Gasteiger partial charge in [-0.25, -0.2) is 0 Å². The third kappa shape index (κ3) is 1.55. The Morgan fingerprint density at radius 3 is 2.88 bits per heavy atom. The van der Waals surface area contributed by atoms with Gasteiger partial charge in [0.25, 0.3) is 0 Å². The zero-order chi connectivity index (χ0) is 11.9. The molecule has 0 amide bonds. The van der Waals surface area contributed by atoms with Crippen LogP contribution in [-0.2, 0) is 5.54 Å². The van der Waals surface area contributed by atoms with E-state index in [9.17, 15) is 0 Å². The van der Waals surface area contributed by atoms with Crippen LogP contribution >= 0.6 is 0 Å². The Balaban J connectivity index is 2.14. The molecule has 0 aromatic heterocycles. The summed E-state index contributed by atoms with van der Waals surface area (Å²) in [7, 11) is 2.16. The van der Waals surface area contributed by atoms with Gasteiger partial charge in [0.2, 0.25) is 0 Å². The number of nitrogens with one attached hydrogen (secondary N) is 1. The molecule has 0 bridgehead atoms. The third-order valence-electron chi connectivity index (χ3n) is 5.13. The highest BCUT2D eigenvalue weighted by atomic mass is 15.0. The molecule has 1 fully saturated rings. The first kappa shape index (κ1) is 11.3. The van der Waals surface area contributed by atoms with Crippen LogP contribution < -0.4 is 5.32 Å². The van der Waals surface area contributed by atoms with Crippen molar-refractivity contribution in [3.8, 4) is 0 Å². The molecule has 1 saturated carbocycles. The molecule has 2 aliphatic carbocycles. The van der Waals surface area contributed by atoms with Crippen molar-refractivity contribution < 1.29 is 0 Å². The maximum Gasteiger partial charge on any atom is 0.0463 e. The fourth-order valence-electron chi connectivity index (χ4n) is 4.27. The van der Waals surface area contributed by atoms with Crippen molar-refractivity contribution >= 4 is 0 Å². The molecule has 1 aromatic carbocycles. The Morgan fingerprint density at radius 1 is 1.24 bits per heavy atom. The van der Waals surface area contributed by atoms with Crippen LogP contribution in [0.15, 0.2) is 24.3 Å². The minimum atomic E-state index is 0.279. The Hall–Kier alpha value is -0.820. The highest BCUT2D eigenvalue weighted by Crippen LogP contribution is 2.51. The van der Waals surface area contributed by atoms with Crippen molar-refractivity contribution in [3.05, 3.63) is 35.4 Å². The summed E-state index contributed by atoms with van der Waals surface area (Å²) in [6.45, 7) is 2.40. The van der Waals surface area contributed by atoms with Gasteiger partial charge in [0, 0.05) is 5.54 Å². The molecule has 1 nitrogen and oxygen atoms in total. The summed E-state index contributed by atoms with van der Waals surface area (Å²) < 4.78 is 0. The summed E-state index contributed by atoms with van der Waals surface area (Å²) in [6, 6.07) is 9.10. The highest BCUT2D eigenvalue weighted by molar-refractivity contribution is 5.40. The van der Waals surface area contributed by atoms with Crippen LogP contribution in [0.25, 0.3) is 0 Å². The second kappa shape index (κ2) is 4.13. The van der Waals surface area contributed by atoms with E-state index in [0.29, 0.717) is 0 Å². The standard InChI is InChI=1S/C16H23N/c1-12-11-13-7-5-6-10-16(13,17-2)15-9-4-3-8-14(12)15/h3-4,8-9,12-13,17H,5-7,10-11H2,1-2H3/t12-,13+,16-/m1/s1. The lowest BCUT2D eigenvalue weighted by Gasteiger charge is -2.50. The van der Waals surface area contributed by atoms with Crippen molar-refractivity contribution in [1.29, 1.82) is 0 Å². The summed E-state index contributed by atoms with van der Waals surface area (Å²) in [6.07, 6.45) is 6.87. The van der Waals surface area contributed by atoms with Gasteiger partial charge in [-0.05, 0) is 49.3 Å². The summed E-state index contributed by atoms with van der Waals surface area (Å²) >= 11 is 0. The van der Waals surface area contributed by atoms with E-state index < -0.39 is 0 Å². The molecule has 0 heterocycles. The zero-order valence-corrected chi connectivity index (χ0v) is 11.0. The summed E-state index contributed by atoms with van der Waals surface area (Å²) in [5.41, 5.74) is 3.45. The van der Waals surface area contributed by atoms with Crippen molar-refractivity contribution in [2.75, 3.05) is 7.05 Å². The van der Waals surface area contributed by atoms with Crippen LogP contribution in [0.3, 0.4) is 0 Å². The van der Waals surface area contributed by atoms with Crippen LogP contribution in [0.5, 0.6) is 0 Å². The molecule has 3 rings (SSSR count). The molecule has 0 spiro atoms. The lowest BCUT2D eigenvalue weighted by atomic mass is 9.60. The van der Waals surface area contributed by atoms with Gasteiger partial charge < -0.3 is 5.32 Å². The van der Waals surface area contributed by atoms with E-state index in [0.717, 1.165) is 11.8 Å². The first-order valence-corrected chi connectivity index (χ1v) is 7.06. The second-order valence-electron chi connectivity index (χ2n) is 5.89. The summed E-state index contributed by atoms with van der Waals surface area (Å²) in [5.74, 6) is 1.57. The highest BCUT2D eigenvalue weighted by Gasteiger charge is 2.45. The lowest BCUT2D eigenvalue weighted by molar-refractivity contribution is 0.120. The van der Waals surface area contributed by atoms with Gasteiger partial charge >= 0.3 is 0 Å². The van der Waals surface area contributed by atoms with Gasteiger partial charge in [-0.2, -0.15) is 0 Å².